The second kappa shape index (κ2) is 14.7. The van der Waals surface area contributed by atoms with Gasteiger partial charge in [0.15, 0.2) is 11.5 Å². The van der Waals surface area contributed by atoms with Crippen molar-refractivity contribution in [1.29, 1.82) is 0 Å². The average Bonchev–Trinajstić information content (AvgIpc) is 3.69. The highest BCUT2D eigenvalue weighted by Crippen LogP contribution is 2.35. The van der Waals surface area contributed by atoms with E-state index in [2.05, 4.69) is 48.3 Å². The maximum absolute atomic E-state index is 13.3. The molecule has 1 heterocycles. The number of carbonyl (C=O) groups excluding carboxylic acids is 1. The zero-order valence-corrected chi connectivity index (χ0v) is 24.4. The number of ether oxygens (including phenoxy) is 3. The van der Waals surface area contributed by atoms with Crippen LogP contribution in [-0.4, -0.2) is 63.9 Å². The van der Waals surface area contributed by atoms with Crippen LogP contribution in [0.25, 0.3) is 0 Å². The Kier molecular flexibility index (Phi) is 11.1. The zero-order chi connectivity index (χ0) is 27.6. The van der Waals surface area contributed by atoms with Gasteiger partial charge in [-0.2, -0.15) is 0 Å². The third kappa shape index (κ3) is 8.71. The number of benzene rings is 2. The van der Waals surface area contributed by atoms with Crippen molar-refractivity contribution in [2.75, 3.05) is 47.1 Å². The SMILES string of the molecule is COCCCOc1cc(C[C@@H](C[C@@H]2CNC[C@H]2CN(C(=O)Cc2ccccc2)C2CC2)C(C)C)ccc1OC.[HH]. The van der Waals surface area contributed by atoms with E-state index < -0.39 is 0 Å². The highest BCUT2D eigenvalue weighted by atomic mass is 16.5. The maximum Gasteiger partial charge on any atom is 0.227 e. The monoisotopic (exact) mass is 538 g/mol. The Bertz CT molecular complexity index is 1030. The van der Waals surface area contributed by atoms with Crippen molar-refractivity contribution in [2.45, 2.75) is 58.4 Å². The number of hydrogen-bond acceptors (Lipinski definition) is 5. The highest BCUT2D eigenvalue weighted by Gasteiger charge is 2.38. The van der Waals surface area contributed by atoms with Gasteiger partial charge in [-0.25, -0.2) is 0 Å². The molecule has 1 saturated heterocycles. The Hall–Kier alpha value is -2.57. The fourth-order valence-electron chi connectivity index (χ4n) is 5.87. The molecule has 4 rings (SSSR count). The van der Waals surface area contributed by atoms with Crippen molar-refractivity contribution >= 4 is 5.91 Å². The van der Waals surface area contributed by atoms with Crippen LogP contribution in [0, 0.1) is 23.7 Å². The van der Waals surface area contributed by atoms with Crippen molar-refractivity contribution in [3.8, 4) is 11.5 Å². The summed E-state index contributed by atoms with van der Waals surface area (Å²) in [6.45, 7) is 8.89. The number of nitrogens with one attached hydrogen (secondary N) is 1. The molecular weight excluding hydrogens is 488 g/mol. The Morgan fingerprint density at radius 1 is 1.00 bits per heavy atom. The van der Waals surface area contributed by atoms with E-state index in [0.717, 1.165) is 68.8 Å². The summed E-state index contributed by atoms with van der Waals surface area (Å²) in [5.41, 5.74) is 2.40. The molecule has 0 radical (unpaired) electrons. The lowest BCUT2D eigenvalue weighted by Crippen LogP contribution is -2.40. The van der Waals surface area contributed by atoms with Gasteiger partial charge < -0.3 is 24.4 Å². The van der Waals surface area contributed by atoms with Crippen LogP contribution in [0.3, 0.4) is 0 Å². The van der Waals surface area contributed by atoms with Crippen LogP contribution in [0.4, 0.5) is 0 Å². The summed E-state index contributed by atoms with van der Waals surface area (Å²) in [6.07, 6.45) is 5.82. The second-order valence-electron chi connectivity index (χ2n) is 11.7. The molecular formula is C33H50N2O4. The normalized spacial score (nSPS) is 19.7. The number of amides is 1. The molecule has 2 aliphatic rings. The van der Waals surface area contributed by atoms with Crippen molar-refractivity contribution in [2.24, 2.45) is 23.7 Å². The summed E-state index contributed by atoms with van der Waals surface area (Å²) >= 11 is 0. The van der Waals surface area contributed by atoms with Crippen LogP contribution in [0.15, 0.2) is 48.5 Å². The molecule has 2 aromatic carbocycles. The topological polar surface area (TPSA) is 60.0 Å². The molecule has 6 heteroatoms. The Morgan fingerprint density at radius 3 is 2.46 bits per heavy atom. The van der Waals surface area contributed by atoms with E-state index in [1.165, 1.54) is 5.56 Å². The molecule has 2 fully saturated rings. The molecule has 1 saturated carbocycles. The van der Waals surface area contributed by atoms with E-state index in [9.17, 15) is 4.79 Å². The third-order valence-corrected chi connectivity index (χ3v) is 8.44. The lowest BCUT2D eigenvalue weighted by molar-refractivity contribution is -0.131. The summed E-state index contributed by atoms with van der Waals surface area (Å²) in [7, 11) is 3.40. The largest absolute Gasteiger partial charge is 0.493 e. The van der Waals surface area contributed by atoms with Gasteiger partial charge in [-0.1, -0.05) is 50.2 Å². The minimum atomic E-state index is 0. The summed E-state index contributed by atoms with van der Waals surface area (Å²) in [6, 6.07) is 17.0. The molecule has 1 aliphatic carbocycles. The van der Waals surface area contributed by atoms with Crippen LogP contribution in [0.5, 0.6) is 11.5 Å². The lowest BCUT2D eigenvalue weighted by atomic mass is 9.78. The lowest BCUT2D eigenvalue weighted by Gasteiger charge is -2.31. The van der Waals surface area contributed by atoms with E-state index >= 15 is 0 Å². The molecule has 39 heavy (non-hydrogen) atoms. The second-order valence-corrected chi connectivity index (χ2v) is 11.7. The number of rotatable bonds is 16. The Balaban J connectivity index is 0.00000441. The molecule has 0 aromatic heterocycles. The fraction of sp³-hybridized carbons (Fsp3) is 0.606. The van der Waals surface area contributed by atoms with Crippen molar-refractivity contribution < 1.29 is 20.4 Å². The molecule has 0 spiro atoms. The smallest absolute Gasteiger partial charge is 0.227 e. The predicted octanol–water partition coefficient (Wildman–Crippen LogP) is 5.63. The first-order valence-corrected chi connectivity index (χ1v) is 14.8. The standard InChI is InChI=1S/C33H48N2O4.H2/c1-24(2)27(17-26-11-14-31(38-4)32(18-26)39-16-8-15-37-3)20-28-21-34-22-29(28)23-35(30-12-13-30)33(36)19-25-9-6-5-7-10-25;/h5-7,9-11,14,18,24,27-30,34H,8,12-13,15-17,19-23H2,1-4H3;1H/t27-,28+,29-;/m0./s1. The van der Waals surface area contributed by atoms with Gasteiger partial charge in [0.05, 0.1) is 20.1 Å². The predicted molar refractivity (Wildman–Crippen MR) is 158 cm³/mol. The molecule has 216 valence electrons. The molecule has 3 atom stereocenters. The van der Waals surface area contributed by atoms with E-state index in [1.807, 2.05) is 24.3 Å². The van der Waals surface area contributed by atoms with E-state index in [0.29, 0.717) is 49.3 Å². The average molecular weight is 539 g/mol. The van der Waals surface area contributed by atoms with Gasteiger partial charge in [0.1, 0.15) is 0 Å². The van der Waals surface area contributed by atoms with E-state index in [1.54, 1.807) is 14.2 Å². The molecule has 1 aliphatic heterocycles. The number of hydrogen-bond donors (Lipinski definition) is 1. The number of carbonyl (C=O) groups is 1. The number of methoxy groups -OCH3 is 2. The molecule has 1 N–H and O–H groups in total. The maximum atomic E-state index is 13.3. The first kappa shape index (κ1) is 29.4. The summed E-state index contributed by atoms with van der Waals surface area (Å²) in [4.78, 5) is 15.5. The molecule has 0 bridgehead atoms. The van der Waals surface area contributed by atoms with Crippen LogP contribution < -0.4 is 14.8 Å². The minimum Gasteiger partial charge on any atom is -0.493 e. The van der Waals surface area contributed by atoms with Crippen LogP contribution in [0.2, 0.25) is 0 Å². The van der Waals surface area contributed by atoms with Crippen LogP contribution in [0.1, 0.15) is 52.1 Å². The summed E-state index contributed by atoms with van der Waals surface area (Å²) < 4.78 is 16.8. The zero-order valence-electron chi connectivity index (χ0n) is 24.4. The van der Waals surface area contributed by atoms with E-state index in [4.69, 9.17) is 14.2 Å². The van der Waals surface area contributed by atoms with Gasteiger partial charge in [0, 0.05) is 34.2 Å². The van der Waals surface area contributed by atoms with Crippen LogP contribution in [-0.2, 0) is 22.4 Å². The van der Waals surface area contributed by atoms with Gasteiger partial charge in [0.25, 0.3) is 0 Å². The molecule has 0 unspecified atom stereocenters. The van der Waals surface area contributed by atoms with E-state index in [-0.39, 0.29) is 7.33 Å². The van der Waals surface area contributed by atoms with Gasteiger partial charge in [0.2, 0.25) is 5.91 Å². The minimum absolute atomic E-state index is 0. The summed E-state index contributed by atoms with van der Waals surface area (Å²) in [5.74, 6) is 4.07. The van der Waals surface area contributed by atoms with Crippen molar-refractivity contribution in [3.05, 3.63) is 59.7 Å². The van der Waals surface area contributed by atoms with Gasteiger partial charge in [-0.3, -0.25) is 4.79 Å². The molecule has 6 nitrogen and oxygen atoms in total. The first-order valence-electron chi connectivity index (χ1n) is 14.8. The molecule has 1 amide bonds. The van der Waals surface area contributed by atoms with Gasteiger partial charge in [-0.15, -0.1) is 0 Å². The molecule has 2 aromatic rings. The van der Waals surface area contributed by atoms with Crippen molar-refractivity contribution in [3.63, 3.8) is 0 Å². The fourth-order valence-corrected chi connectivity index (χ4v) is 5.87. The van der Waals surface area contributed by atoms with Gasteiger partial charge >= 0.3 is 0 Å². The van der Waals surface area contributed by atoms with Crippen LogP contribution >= 0.6 is 0 Å². The summed E-state index contributed by atoms with van der Waals surface area (Å²) in [5, 5.41) is 3.66. The van der Waals surface area contributed by atoms with Crippen molar-refractivity contribution in [1.82, 2.24) is 10.2 Å². The Morgan fingerprint density at radius 2 is 1.77 bits per heavy atom. The quantitative estimate of drug-likeness (QED) is 0.281. The van der Waals surface area contributed by atoms with Gasteiger partial charge in [-0.05, 0) is 85.7 Å². The third-order valence-electron chi connectivity index (χ3n) is 8.44. The Labute approximate surface area is 236 Å². The highest BCUT2D eigenvalue weighted by molar-refractivity contribution is 5.79. The first-order chi connectivity index (χ1) is 19.0. The number of nitrogens with zero attached hydrogens (tertiary/aromatic N) is 1.